The molecule has 2 aromatic rings. The number of esters is 1. The van der Waals surface area contributed by atoms with E-state index in [1.54, 1.807) is 12.1 Å². The zero-order valence-corrected chi connectivity index (χ0v) is 13.1. The Morgan fingerprint density at radius 2 is 1.95 bits per heavy atom. The summed E-state index contributed by atoms with van der Waals surface area (Å²) >= 11 is 1.33. The van der Waals surface area contributed by atoms with E-state index < -0.39 is 12.0 Å². The SMILES string of the molecule is COC(=O)C[C@@H](NC(=O)c1sccc1C)c1ccc(F)cc1. The Hall–Kier alpha value is -2.21. The fourth-order valence-electron chi connectivity index (χ4n) is 2.03. The molecule has 2 rings (SSSR count). The first kappa shape index (κ1) is 16.2. The van der Waals surface area contributed by atoms with Crippen molar-refractivity contribution in [3.8, 4) is 0 Å². The lowest BCUT2D eigenvalue weighted by atomic mass is 10.0. The van der Waals surface area contributed by atoms with Crippen molar-refractivity contribution >= 4 is 23.2 Å². The molecule has 1 N–H and O–H groups in total. The van der Waals surface area contributed by atoms with Gasteiger partial charge in [-0.25, -0.2) is 4.39 Å². The van der Waals surface area contributed by atoms with Crippen LogP contribution in [0.4, 0.5) is 4.39 Å². The van der Waals surface area contributed by atoms with Crippen molar-refractivity contribution in [1.29, 1.82) is 0 Å². The van der Waals surface area contributed by atoms with Gasteiger partial charge in [0.2, 0.25) is 0 Å². The number of thiophene rings is 1. The molecule has 1 atom stereocenters. The molecule has 1 heterocycles. The summed E-state index contributed by atoms with van der Waals surface area (Å²) < 4.78 is 17.7. The highest BCUT2D eigenvalue weighted by Crippen LogP contribution is 2.21. The minimum atomic E-state index is -0.568. The fraction of sp³-hybridized carbons (Fsp3) is 0.250. The van der Waals surface area contributed by atoms with E-state index in [4.69, 9.17) is 0 Å². The highest BCUT2D eigenvalue weighted by Gasteiger charge is 2.21. The van der Waals surface area contributed by atoms with Crippen molar-refractivity contribution in [1.82, 2.24) is 5.32 Å². The first-order valence-corrected chi connectivity index (χ1v) is 7.56. The number of methoxy groups -OCH3 is 1. The average Bonchev–Trinajstić information content (AvgIpc) is 2.93. The Bertz CT molecular complexity index is 666. The molecule has 1 amide bonds. The molecule has 0 bridgehead atoms. The number of benzene rings is 1. The zero-order valence-electron chi connectivity index (χ0n) is 12.3. The van der Waals surface area contributed by atoms with Gasteiger partial charge in [0.05, 0.1) is 24.4 Å². The Morgan fingerprint density at radius 3 is 2.50 bits per heavy atom. The summed E-state index contributed by atoms with van der Waals surface area (Å²) in [4.78, 5) is 24.5. The number of halogens is 1. The Kier molecular flexibility index (Phi) is 5.27. The van der Waals surface area contributed by atoms with E-state index in [1.807, 2.05) is 18.4 Å². The van der Waals surface area contributed by atoms with Gasteiger partial charge in [0.1, 0.15) is 5.82 Å². The summed E-state index contributed by atoms with van der Waals surface area (Å²) in [6, 6.07) is 6.97. The summed E-state index contributed by atoms with van der Waals surface area (Å²) in [7, 11) is 1.29. The van der Waals surface area contributed by atoms with Crippen LogP contribution in [0, 0.1) is 12.7 Å². The molecule has 0 saturated carbocycles. The van der Waals surface area contributed by atoms with Crippen LogP contribution in [0.15, 0.2) is 35.7 Å². The maximum absolute atomic E-state index is 13.0. The lowest BCUT2D eigenvalue weighted by Crippen LogP contribution is -2.30. The normalized spacial score (nSPS) is 11.8. The van der Waals surface area contributed by atoms with E-state index in [-0.39, 0.29) is 18.1 Å². The molecule has 0 unspecified atom stereocenters. The van der Waals surface area contributed by atoms with Crippen LogP contribution in [0.1, 0.15) is 33.3 Å². The molecule has 0 aliphatic carbocycles. The zero-order chi connectivity index (χ0) is 16.1. The third-order valence-electron chi connectivity index (χ3n) is 3.24. The number of ether oxygens (including phenoxy) is 1. The molecule has 0 spiro atoms. The number of nitrogens with one attached hydrogen (secondary N) is 1. The van der Waals surface area contributed by atoms with Gasteiger partial charge < -0.3 is 10.1 Å². The largest absolute Gasteiger partial charge is 0.469 e. The van der Waals surface area contributed by atoms with Crippen molar-refractivity contribution in [2.24, 2.45) is 0 Å². The highest BCUT2D eigenvalue weighted by atomic mass is 32.1. The number of rotatable bonds is 5. The van der Waals surface area contributed by atoms with E-state index in [2.05, 4.69) is 10.1 Å². The number of hydrogen-bond donors (Lipinski definition) is 1. The molecule has 0 fully saturated rings. The fourth-order valence-corrected chi connectivity index (χ4v) is 2.85. The van der Waals surface area contributed by atoms with E-state index in [1.165, 1.54) is 30.6 Å². The van der Waals surface area contributed by atoms with Gasteiger partial charge in [-0.15, -0.1) is 11.3 Å². The van der Waals surface area contributed by atoms with Crippen LogP contribution in [0.5, 0.6) is 0 Å². The van der Waals surface area contributed by atoms with Crippen molar-refractivity contribution in [2.45, 2.75) is 19.4 Å². The van der Waals surface area contributed by atoms with Crippen molar-refractivity contribution in [2.75, 3.05) is 7.11 Å². The van der Waals surface area contributed by atoms with Crippen molar-refractivity contribution in [3.05, 3.63) is 57.5 Å². The quantitative estimate of drug-likeness (QED) is 0.860. The molecular weight excluding hydrogens is 305 g/mol. The van der Waals surface area contributed by atoms with Crippen LogP contribution in [0.2, 0.25) is 0 Å². The summed E-state index contributed by atoms with van der Waals surface area (Å²) in [5.74, 6) is -1.08. The van der Waals surface area contributed by atoms with Gasteiger partial charge in [-0.05, 0) is 41.6 Å². The molecule has 6 heteroatoms. The average molecular weight is 321 g/mol. The second-order valence-electron chi connectivity index (χ2n) is 4.79. The Balaban J connectivity index is 2.21. The first-order valence-electron chi connectivity index (χ1n) is 6.68. The maximum atomic E-state index is 13.0. The Labute approximate surface area is 131 Å². The molecule has 4 nitrogen and oxygen atoms in total. The topological polar surface area (TPSA) is 55.4 Å². The van der Waals surface area contributed by atoms with Crippen LogP contribution in [-0.2, 0) is 9.53 Å². The lowest BCUT2D eigenvalue weighted by molar-refractivity contribution is -0.141. The molecule has 0 aliphatic rings. The number of carbonyl (C=O) groups is 2. The van der Waals surface area contributed by atoms with Gasteiger partial charge in [-0.3, -0.25) is 9.59 Å². The molecule has 0 aliphatic heterocycles. The van der Waals surface area contributed by atoms with Crippen LogP contribution in [0.3, 0.4) is 0 Å². The van der Waals surface area contributed by atoms with Gasteiger partial charge in [0.25, 0.3) is 5.91 Å². The summed E-state index contributed by atoms with van der Waals surface area (Å²) in [5, 5.41) is 4.64. The van der Waals surface area contributed by atoms with Gasteiger partial charge in [0.15, 0.2) is 0 Å². The second kappa shape index (κ2) is 7.17. The predicted molar refractivity (Wildman–Crippen MR) is 82.3 cm³/mol. The van der Waals surface area contributed by atoms with E-state index >= 15 is 0 Å². The highest BCUT2D eigenvalue weighted by molar-refractivity contribution is 7.12. The van der Waals surface area contributed by atoms with Gasteiger partial charge in [0, 0.05) is 0 Å². The predicted octanol–water partition coefficient (Wildman–Crippen LogP) is 3.23. The van der Waals surface area contributed by atoms with Crippen molar-refractivity contribution in [3.63, 3.8) is 0 Å². The summed E-state index contributed by atoms with van der Waals surface area (Å²) in [6.07, 6.45) is -0.0156. The minimum absolute atomic E-state index is 0.0156. The summed E-state index contributed by atoms with van der Waals surface area (Å²) in [6.45, 7) is 1.85. The van der Waals surface area contributed by atoms with Crippen LogP contribution >= 0.6 is 11.3 Å². The van der Waals surface area contributed by atoms with E-state index in [0.717, 1.165) is 5.56 Å². The van der Waals surface area contributed by atoms with Crippen LogP contribution < -0.4 is 5.32 Å². The second-order valence-corrected chi connectivity index (χ2v) is 5.71. The molecule has 1 aromatic carbocycles. The first-order chi connectivity index (χ1) is 10.5. The van der Waals surface area contributed by atoms with Gasteiger partial charge >= 0.3 is 5.97 Å². The third-order valence-corrected chi connectivity index (χ3v) is 4.26. The molecule has 0 saturated heterocycles. The van der Waals surface area contributed by atoms with Crippen molar-refractivity contribution < 1.29 is 18.7 Å². The molecule has 0 radical (unpaired) electrons. The molecule has 1 aromatic heterocycles. The van der Waals surface area contributed by atoms with Crippen LogP contribution in [-0.4, -0.2) is 19.0 Å². The monoisotopic (exact) mass is 321 g/mol. The molecule has 116 valence electrons. The smallest absolute Gasteiger partial charge is 0.307 e. The lowest BCUT2D eigenvalue weighted by Gasteiger charge is -2.18. The van der Waals surface area contributed by atoms with E-state index in [9.17, 15) is 14.0 Å². The molecule has 22 heavy (non-hydrogen) atoms. The van der Waals surface area contributed by atoms with Gasteiger partial charge in [-0.1, -0.05) is 12.1 Å². The van der Waals surface area contributed by atoms with Gasteiger partial charge in [-0.2, -0.15) is 0 Å². The number of aryl methyl sites for hydroxylation is 1. The minimum Gasteiger partial charge on any atom is -0.469 e. The third kappa shape index (κ3) is 3.92. The number of carbonyl (C=O) groups excluding carboxylic acids is 2. The summed E-state index contributed by atoms with van der Waals surface area (Å²) in [5.41, 5.74) is 1.52. The number of amides is 1. The van der Waals surface area contributed by atoms with E-state index in [0.29, 0.717) is 10.4 Å². The number of hydrogen-bond acceptors (Lipinski definition) is 4. The standard InChI is InChI=1S/C16H16FNO3S/c1-10-7-8-22-15(10)16(20)18-13(9-14(19)21-2)11-3-5-12(17)6-4-11/h3-8,13H,9H2,1-2H3,(H,18,20)/t13-/m1/s1. The molecular formula is C16H16FNO3S. The maximum Gasteiger partial charge on any atom is 0.307 e. The Morgan fingerprint density at radius 1 is 1.27 bits per heavy atom. The van der Waals surface area contributed by atoms with Crippen LogP contribution in [0.25, 0.3) is 0 Å².